The molecule has 2 amide bonds. The monoisotopic (exact) mass is 345 g/mol. The number of amides is 2. The molecule has 1 aliphatic rings. The maximum atomic E-state index is 12.3. The number of carbonyl (C=O) groups excluding carboxylic acids is 2. The predicted octanol–water partition coefficient (Wildman–Crippen LogP) is 1.42. The molecular weight excluding hydrogens is 318 g/mol. The first kappa shape index (κ1) is 19.0. The van der Waals surface area contributed by atoms with Gasteiger partial charge >= 0.3 is 0 Å². The molecule has 6 nitrogen and oxygen atoms in total. The van der Waals surface area contributed by atoms with Gasteiger partial charge < -0.3 is 15.4 Å². The summed E-state index contributed by atoms with van der Waals surface area (Å²) in [6, 6.07) is 7.61. The van der Waals surface area contributed by atoms with Crippen LogP contribution in [0.5, 0.6) is 5.75 Å². The Morgan fingerprint density at radius 3 is 2.64 bits per heavy atom. The Balaban J connectivity index is 1.98. The van der Waals surface area contributed by atoms with E-state index in [9.17, 15) is 9.59 Å². The first-order valence-corrected chi connectivity index (χ1v) is 8.63. The Labute approximate surface area is 149 Å². The highest BCUT2D eigenvalue weighted by atomic mass is 16.5. The van der Waals surface area contributed by atoms with Gasteiger partial charge in [-0.25, -0.2) is 0 Å². The Morgan fingerprint density at radius 2 is 2.04 bits per heavy atom. The van der Waals surface area contributed by atoms with Crippen molar-refractivity contribution in [2.45, 2.75) is 32.4 Å². The second-order valence-corrected chi connectivity index (χ2v) is 6.17. The Kier molecular flexibility index (Phi) is 7.01. The van der Waals surface area contributed by atoms with Crippen molar-refractivity contribution < 1.29 is 14.3 Å². The SMILES string of the molecule is CCNC(=O)[C@@H]1C[C@H](NC(C)=O)CN1CC=Cc1ccc(OC)cc1. The molecule has 2 N–H and O–H groups in total. The van der Waals surface area contributed by atoms with Gasteiger partial charge in [-0.3, -0.25) is 14.5 Å². The lowest BCUT2D eigenvalue weighted by Gasteiger charge is -2.21. The molecule has 0 aromatic heterocycles. The third-order valence-corrected chi connectivity index (χ3v) is 4.23. The Bertz CT molecular complexity index is 613. The summed E-state index contributed by atoms with van der Waals surface area (Å²) in [6.45, 7) is 5.35. The zero-order chi connectivity index (χ0) is 18.2. The van der Waals surface area contributed by atoms with Gasteiger partial charge in [0.05, 0.1) is 13.2 Å². The van der Waals surface area contributed by atoms with Crippen LogP contribution in [-0.2, 0) is 9.59 Å². The van der Waals surface area contributed by atoms with Gasteiger partial charge in [-0.05, 0) is 31.0 Å². The molecule has 2 atom stereocenters. The molecule has 0 radical (unpaired) electrons. The van der Waals surface area contributed by atoms with Crippen molar-refractivity contribution in [3.8, 4) is 5.75 Å². The van der Waals surface area contributed by atoms with Gasteiger partial charge in [0.2, 0.25) is 11.8 Å². The van der Waals surface area contributed by atoms with E-state index in [0.717, 1.165) is 11.3 Å². The number of hydrogen-bond acceptors (Lipinski definition) is 4. The third kappa shape index (κ3) is 5.60. The molecule has 136 valence electrons. The van der Waals surface area contributed by atoms with Crippen LogP contribution in [0.15, 0.2) is 30.3 Å². The lowest BCUT2D eigenvalue weighted by molar-refractivity contribution is -0.125. The number of benzene rings is 1. The van der Waals surface area contributed by atoms with Crippen molar-refractivity contribution in [1.82, 2.24) is 15.5 Å². The summed E-state index contributed by atoms with van der Waals surface area (Å²) in [5, 5.41) is 5.80. The summed E-state index contributed by atoms with van der Waals surface area (Å²) < 4.78 is 5.15. The zero-order valence-corrected chi connectivity index (χ0v) is 15.1. The molecule has 0 spiro atoms. The van der Waals surface area contributed by atoms with Crippen molar-refractivity contribution in [1.29, 1.82) is 0 Å². The average Bonchev–Trinajstić information content (AvgIpc) is 2.97. The normalized spacial score (nSPS) is 20.6. The molecular formula is C19H27N3O3. The molecule has 1 aliphatic heterocycles. The number of hydrogen-bond donors (Lipinski definition) is 2. The highest BCUT2D eigenvalue weighted by molar-refractivity contribution is 5.82. The fourth-order valence-electron chi connectivity index (χ4n) is 3.10. The second-order valence-electron chi connectivity index (χ2n) is 6.17. The van der Waals surface area contributed by atoms with Crippen LogP contribution >= 0.6 is 0 Å². The van der Waals surface area contributed by atoms with Crippen LogP contribution in [0.1, 0.15) is 25.8 Å². The van der Waals surface area contributed by atoms with E-state index < -0.39 is 0 Å². The van der Waals surface area contributed by atoms with Gasteiger partial charge in [-0.15, -0.1) is 0 Å². The number of nitrogens with zero attached hydrogens (tertiary/aromatic N) is 1. The van der Waals surface area contributed by atoms with E-state index in [0.29, 0.717) is 26.1 Å². The molecule has 1 fully saturated rings. The zero-order valence-electron chi connectivity index (χ0n) is 15.1. The Hall–Kier alpha value is -2.34. The first-order chi connectivity index (χ1) is 12.0. The standard InChI is InChI=1S/C19H27N3O3/c1-4-20-19(24)18-12-16(21-14(2)23)13-22(18)11-5-6-15-7-9-17(25-3)10-8-15/h5-10,16,18H,4,11-13H2,1-3H3,(H,20,24)(H,21,23)/t16-,18-/m0/s1. The molecule has 0 aliphatic carbocycles. The number of nitrogens with one attached hydrogen (secondary N) is 2. The van der Waals surface area contributed by atoms with E-state index in [-0.39, 0.29) is 23.9 Å². The third-order valence-electron chi connectivity index (χ3n) is 4.23. The summed E-state index contributed by atoms with van der Waals surface area (Å²) in [7, 11) is 1.64. The largest absolute Gasteiger partial charge is 0.497 e. The van der Waals surface area contributed by atoms with Crippen LogP contribution in [0.4, 0.5) is 0 Å². The van der Waals surface area contributed by atoms with E-state index in [1.165, 1.54) is 6.92 Å². The highest BCUT2D eigenvalue weighted by Crippen LogP contribution is 2.19. The number of rotatable bonds is 7. The molecule has 6 heteroatoms. The van der Waals surface area contributed by atoms with Crippen LogP contribution in [0.2, 0.25) is 0 Å². The van der Waals surface area contributed by atoms with Crippen molar-refractivity contribution in [3.63, 3.8) is 0 Å². The summed E-state index contributed by atoms with van der Waals surface area (Å²) in [5.41, 5.74) is 1.08. The summed E-state index contributed by atoms with van der Waals surface area (Å²) in [6.07, 6.45) is 4.71. The van der Waals surface area contributed by atoms with Crippen LogP contribution in [0.3, 0.4) is 0 Å². The van der Waals surface area contributed by atoms with Gasteiger partial charge in [0.15, 0.2) is 0 Å². The van der Waals surface area contributed by atoms with Crippen LogP contribution in [-0.4, -0.2) is 55.5 Å². The molecule has 1 saturated heterocycles. The maximum Gasteiger partial charge on any atom is 0.237 e. The lowest BCUT2D eigenvalue weighted by Crippen LogP contribution is -2.43. The minimum atomic E-state index is -0.211. The van der Waals surface area contributed by atoms with Crippen molar-refractivity contribution in [2.24, 2.45) is 0 Å². The summed E-state index contributed by atoms with van der Waals surface area (Å²) >= 11 is 0. The van der Waals surface area contributed by atoms with E-state index in [2.05, 4.69) is 15.5 Å². The van der Waals surface area contributed by atoms with E-state index in [1.54, 1.807) is 7.11 Å². The summed E-state index contributed by atoms with van der Waals surface area (Å²) in [4.78, 5) is 25.7. The quantitative estimate of drug-likeness (QED) is 0.784. The smallest absolute Gasteiger partial charge is 0.237 e. The van der Waals surface area contributed by atoms with Crippen molar-refractivity contribution in [2.75, 3.05) is 26.7 Å². The van der Waals surface area contributed by atoms with Gasteiger partial charge in [0.25, 0.3) is 0 Å². The van der Waals surface area contributed by atoms with Crippen molar-refractivity contribution in [3.05, 3.63) is 35.9 Å². The summed E-state index contributed by atoms with van der Waals surface area (Å²) in [5.74, 6) is 0.787. The van der Waals surface area contributed by atoms with E-state index >= 15 is 0 Å². The minimum Gasteiger partial charge on any atom is -0.497 e. The first-order valence-electron chi connectivity index (χ1n) is 8.63. The number of likely N-dealkylation sites (N-methyl/N-ethyl adjacent to an activating group) is 1. The van der Waals surface area contributed by atoms with Gasteiger partial charge in [0, 0.05) is 32.6 Å². The van der Waals surface area contributed by atoms with Gasteiger partial charge in [0.1, 0.15) is 5.75 Å². The number of ether oxygens (including phenoxy) is 1. The van der Waals surface area contributed by atoms with Crippen LogP contribution in [0, 0.1) is 0 Å². The Morgan fingerprint density at radius 1 is 1.32 bits per heavy atom. The number of likely N-dealkylation sites (tertiary alicyclic amines) is 1. The maximum absolute atomic E-state index is 12.3. The number of methoxy groups -OCH3 is 1. The molecule has 25 heavy (non-hydrogen) atoms. The minimum absolute atomic E-state index is 0.0134. The predicted molar refractivity (Wildman–Crippen MR) is 98.3 cm³/mol. The average molecular weight is 345 g/mol. The molecule has 0 unspecified atom stereocenters. The van der Waals surface area contributed by atoms with Gasteiger partial charge in [-0.2, -0.15) is 0 Å². The molecule has 0 bridgehead atoms. The van der Waals surface area contributed by atoms with Crippen LogP contribution < -0.4 is 15.4 Å². The molecule has 1 heterocycles. The van der Waals surface area contributed by atoms with Crippen LogP contribution in [0.25, 0.3) is 6.08 Å². The second kappa shape index (κ2) is 9.22. The topological polar surface area (TPSA) is 70.7 Å². The number of carbonyl (C=O) groups is 2. The van der Waals surface area contributed by atoms with E-state index in [1.807, 2.05) is 43.3 Å². The molecule has 1 aromatic carbocycles. The fourth-order valence-corrected chi connectivity index (χ4v) is 3.10. The van der Waals surface area contributed by atoms with Gasteiger partial charge in [-0.1, -0.05) is 24.3 Å². The van der Waals surface area contributed by atoms with Crippen molar-refractivity contribution >= 4 is 17.9 Å². The lowest BCUT2D eigenvalue weighted by atomic mass is 10.1. The molecule has 2 rings (SSSR count). The molecule has 0 saturated carbocycles. The molecule has 1 aromatic rings. The van der Waals surface area contributed by atoms with E-state index in [4.69, 9.17) is 4.74 Å². The highest BCUT2D eigenvalue weighted by Gasteiger charge is 2.36. The fraction of sp³-hybridized carbons (Fsp3) is 0.474.